The quantitative estimate of drug-likeness (QED) is 0.636. The lowest BCUT2D eigenvalue weighted by molar-refractivity contribution is 0.0198. The number of H-pyrrole nitrogens is 1. The summed E-state index contributed by atoms with van der Waals surface area (Å²) in [5.74, 6) is 0.0561. The van der Waals surface area contributed by atoms with Crippen LogP contribution in [0.5, 0.6) is 0 Å². The third-order valence-electron chi connectivity index (χ3n) is 6.58. The molecule has 2 aliphatic rings. The maximum atomic E-state index is 12.8. The molecule has 0 bridgehead atoms. The van der Waals surface area contributed by atoms with Crippen molar-refractivity contribution in [3.05, 3.63) is 58.8 Å². The second kappa shape index (κ2) is 9.27. The van der Waals surface area contributed by atoms with Crippen molar-refractivity contribution in [1.29, 1.82) is 0 Å². The number of aromatic amines is 1. The molecule has 1 atom stereocenters. The summed E-state index contributed by atoms with van der Waals surface area (Å²) in [6.07, 6.45) is 6.81. The molecule has 0 radical (unpaired) electrons. The smallest absolute Gasteiger partial charge is 0.314 e. The van der Waals surface area contributed by atoms with E-state index in [2.05, 4.69) is 64.0 Å². The number of ether oxygens (including phenoxy) is 1. The summed E-state index contributed by atoms with van der Waals surface area (Å²) in [7, 11) is 0. The van der Waals surface area contributed by atoms with E-state index >= 15 is 0 Å². The molecule has 7 nitrogen and oxygen atoms in total. The van der Waals surface area contributed by atoms with Gasteiger partial charge in [-0.15, -0.1) is 0 Å². The van der Waals surface area contributed by atoms with Crippen LogP contribution in [0, 0.1) is 12.0 Å². The molecule has 1 aromatic heterocycles. The molecule has 1 fully saturated rings. The minimum atomic E-state index is -0.341. The Labute approximate surface area is 189 Å². The van der Waals surface area contributed by atoms with Crippen LogP contribution >= 0.6 is 0 Å². The lowest BCUT2D eigenvalue weighted by Crippen LogP contribution is -2.38. The first-order valence-electron chi connectivity index (χ1n) is 11.3. The number of nitrogens with one attached hydrogen (secondary N) is 2. The van der Waals surface area contributed by atoms with Gasteiger partial charge in [0.05, 0.1) is 19.4 Å². The van der Waals surface area contributed by atoms with Crippen molar-refractivity contribution in [1.82, 2.24) is 14.9 Å². The summed E-state index contributed by atoms with van der Waals surface area (Å²) in [6.45, 7) is 17.3. The van der Waals surface area contributed by atoms with Crippen LogP contribution in [-0.4, -0.2) is 47.1 Å². The number of nitrogens with zero attached hydrogens (tertiary/aromatic N) is 3. The standard InChI is InChI=1S/C25H31N5O2/c1-17(30-11-13-32-14-12-30)19-5-6-21(28-24(31)23-27-16-22(26-4)29-23)20(15-19)18-7-9-25(2,3)10-8-18/h5-7,15-17H,8-14H2,1-3H3,(H,27,29)(H,28,31). The van der Waals surface area contributed by atoms with Crippen molar-refractivity contribution in [2.45, 2.75) is 46.1 Å². The van der Waals surface area contributed by atoms with Crippen molar-refractivity contribution < 1.29 is 9.53 Å². The van der Waals surface area contributed by atoms with Crippen molar-refractivity contribution in [3.8, 4) is 0 Å². The fourth-order valence-electron chi connectivity index (χ4n) is 4.36. The van der Waals surface area contributed by atoms with E-state index in [1.165, 1.54) is 17.3 Å². The summed E-state index contributed by atoms with van der Waals surface area (Å²) < 4.78 is 5.51. The highest BCUT2D eigenvalue weighted by atomic mass is 16.5. The molecule has 2 heterocycles. The molecule has 1 unspecified atom stereocenters. The van der Waals surface area contributed by atoms with Gasteiger partial charge in [-0.2, -0.15) is 0 Å². The second-order valence-electron chi connectivity index (χ2n) is 9.41. The van der Waals surface area contributed by atoms with E-state index in [4.69, 9.17) is 11.3 Å². The average molecular weight is 434 g/mol. The van der Waals surface area contributed by atoms with Crippen LogP contribution in [0.15, 0.2) is 30.5 Å². The highest BCUT2D eigenvalue weighted by Crippen LogP contribution is 2.41. The predicted molar refractivity (Wildman–Crippen MR) is 126 cm³/mol. The molecule has 1 aliphatic carbocycles. The fourth-order valence-corrected chi connectivity index (χ4v) is 4.36. The molecule has 4 rings (SSSR count). The van der Waals surface area contributed by atoms with Crippen molar-refractivity contribution in [2.75, 3.05) is 31.6 Å². The summed E-state index contributed by atoms with van der Waals surface area (Å²) >= 11 is 0. The first-order chi connectivity index (χ1) is 15.4. The van der Waals surface area contributed by atoms with Gasteiger partial charge in [0.2, 0.25) is 5.82 Å². The Morgan fingerprint density at radius 3 is 2.78 bits per heavy atom. The number of carbonyl (C=O) groups excluding carboxylic acids is 1. The van der Waals surface area contributed by atoms with Gasteiger partial charge in [0, 0.05) is 30.4 Å². The lowest BCUT2D eigenvalue weighted by atomic mass is 9.76. The monoisotopic (exact) mass is 433 g/mol. The molecule has 1 aromatic carbocycles. The molecule has 2 aromatic rings. The Morgan fingerprint density at radius 1 is 1.34 bits per heavy atom. The van der Waals surface area contributed by atoms with Gasteiger partial charge in [-0.25, -0.2) is 4.98 Å². The number of allylic oxidation sites excluding steroid dienone is 2. The largest absolute Gasteiger partial charge is 0.379 e. The normalized spacial score (nSPS) is 19.6. The molecule has 2 N–H and O–H groups in total. The van der Waals surface area contributed by atoms with E-state index in [0.29, 0.717) is 5.41 Å². The molecule has 0 saturated carbocycles. The molecule has 1 amide bonds. The van der Waals surface area contributed by atoms with E-state index in [1.807, 2.05) is 6.07 Å². The third-order valence-corrected chi connectivity index (χ3v) is 6.58. The van der Waals surface area contributed by atoms with Crippen molar-refractivity contribution in [2.24, 2.45) is 5.41 Å². The number of benzene rings is 1. The van der Waals surface area contributed by atoms with Gasteiger partial charge >= 0.3 is 5.91 Å². The summed E-state index contributed by atoms with van der Waals surface area (Å²) in [6, 6.07) is 6.60. The van der Waals surface area contributed by atoms with Crippen LogP contribution in [-0.2, 0) is 4.74 Å². The van der Waals surface area contributed by atoms with Gasteiger partial charge in [-0.3, -0.25) is 14.7 Å². The molecule has 0 spiro atoms. The van der Waals surface area contributed by atoms with Crippen LogP contribution in [0.4, 0.5) is 11.5 Å². The van der Waals surface area contributed by atoms with E-state index in [-0.39, 0.29) is 23.6 Å². The maximum absolute atomic E-state index is 12.8. The second-order valence-corrected chi connectivity index (χ2v) is 9.41. The zero-order chi connectivity index (χ0) is 22.7. The topological polar surface area (TPSA) is 74.6 Å². The molecule has 168 valence electrons. The first-order valence-corrected chi connectivity index (χ1v) is 11.3. The number of aromatic nitrogens is 2. The van der Waals surface area contributed by atoms with Crippen LogP contribution < -0.4 is 5.32 Å². The van der Waals surface area contributed by atoms with Crippen molar-refractivity contribution in [3.63, 3.8) is 0 Å². The zero-order valence-corrected chi connectivity index (χ0v) is 19.1. The Balaban J connectivity index is 1.64. The molecule has 1 aliphatic heterocycles. The van der Waals surface area contributed by atoms with E-state index in [1.54, 1.807) is 0 Å². The van der Waals surface area contributed by atoms with Crippen LogP contribution in [0.2, 0.25) is 0 Å². The minimum Gasteiger partial charge on any atom is -0.379 e. The number of anilines is 1. The average Bonchev–Trinajstić information content (AvgIpc) is 3.29. The Morgan fingerprint density at radius 2 is 2.12 bits per heavy atom. The molecule has 1 saturated heterocycles. The number of morpholine rings is 1. The summed E-state index contributed by atoms with van der Waals surface area (Å²) in [4.78, 5) is 25.3. The van der Waals surface area contributed by atoms with E-state index in [0.717, 1.165) is 56.8 Å². The first kappa shape index (κ1) is 22.3. The molecule has 7 heteroatoms. The SMILES string of the molecule is [C-]#[N+]c1cnc(C(=O)Nc2ccc(C(C)N3CCOCC3)cc2C2=CCC(C)(C)CC2)[nH]1. The summed E-state index contributed by atoms with van der Waals surface area (Å²) in [5.41, 5.74) is 4.66. The van der Waals surface area contributed by atoms with Crippen LogP contribution in [0.3, 0.4) is 0 Å². The third kappa shape index (κ3) is 4.93. The molecule has 32 heavy (non-hydrogen) atoms. The van der Waals surface area contributed by atoms with Gasteiger partial charge in [0.1, 0.15) is 0 Å². The van der Waals surface area contributed by atoms with Crippen molar-refractivity contribution >= 4 is 23.0 Å². The van der Waals surface area contributed by atoms with E-state index in [9.17, 15) is 4.79 Å². The number of rotatable bonds is 5. The van der Waals surface area contributed by atoms with Crippen LogP contribution in [0.1, 0.15) is 67.8 Å². The highest BCUT2D eigenvalue weighted by Gasteiger charge is 2.25. The fraction of sp³-hybridized carbons (Fsp3) is 0.480. The van der Waals surface area contributed by atoms with Crippen LogP contribution in [0.25, 0.3) is 10.4 Å². The number of carbonyl (C=O) groups is 1. The Hall–Kier alpha value is -2.95. The van der Waals surface area contributed by atoms with Gasteiger partial charge in [0.25, 0.3) is 5.82 Å². The maximum Gasteiger partial charge on any atom is 0.314 e. The van der Waals surface area contributed by atoms with Gasteiger partial charge in [0.15, 0.2) is 0 Å². The number of hydrogen-bond donors (Lipinski definition) is 2. The van der Waals surface area contributed by atoms with E-state index < -0.39 is 0 Å². The van der Waals surface area contributed by atoms with Gasteiger partial charge in [-0.05, 0) is 54.9 Å². The lowest BCUT2D eigenvalue weighted by Gasteiger charge is -2.33. The van der Waals surface area contributed by atoms with Gasteiger partial charge in [-0.1, -0.05) is 32.6 Å². The molecular formula is C25H31N5O2. The molecular weight excluding hydrogens is 402 g/mol. The number of amides is 1. The predicted octanol–water partition coefficient (Wildman–Crippen LogP) is 5.20. The Bertz CT molecular complexity index is 1060. The number of hydrogen-bond acceptors (Lipinski definition) is 4. The highest BCUT2D eigenvalue weighted by molar-refractivity contribution is 6.03. The number of imidazole rings is 1. The Kier molecular flexibility index (Phi) is 6.45. The van der Waals surface area contributed by atoms with Gasteiger partial charge < -0.3 is 14.9 Å². The minimum absolute atomic E-state index is 0.145. The summed E-state index contributed by atoms with van der Waals surface area (Å²) in [5, 5.41) is 3.02. The zero-order valence-electron chi connectivity index (χ0n) is 19.1.